The maximum atomic E-state index is 13.5. The predicted molar refractivity (Wildman–Crippen MR) is 132 cm³/mol. The zero-order valence-electron chi connectivity index (χ0n) is 20.0. The maximum absolute atomic E-state index is 13.5. The molecule has 0 bridgehead atoms. The Morgan fingerprint density at radius 1 is 1.15 bits per heavy atom. The number of hydrazine groups is 1. The van der Waals surface area contributed by atoms with Crippen LogP contribution in [0.5, 0.6) is 5.75 Å². The minimum Gasteiger partial charge on any atom is -0.497 e. The zero-order valence-corrected chi connectivity index (χ0v) is 20.0. The van der Waals surface area contributed by atoms with E-state index < -0.39 is 6.04 Å². The molecule has 7 nitrogen and oxygen atoms in total. The first kappa shape index (κ1) is 25.1. The number of hydrogen-bond acceptors (Lipinski definition) is 5. The summed E-state index contributed by atoms with van der Waals surface area (Å²) in [5, 5.41) is 13.6. The van der Waals surface area contributed by atoms with Crippen LogP contribution in [0.2, 0.25) is 0 Å². The summed E-state index contributed by atoms with van der Waals surface area (Å²) in [4.78, 5) is 26.5. The molecule has 1 aliphatic carbocycles. The van der Waals surface area contributed by atoms with Crippen LogP contribution in [0, 0.1) is 17.2 Å². The Balaban J connectivity index is 1.74. The van der Waals surface area contributed by atoms with Crippen molar-refractivity contribution in [3.8, 4) is 11.8 Å². The Bertz CT molecular complexity index is 994. The largest absolute Gasteiger partial charge is 0.497 e. The molecule has 180 valence electrons. The lowest BCUT2D eigenvalue weighted by Crippen LogP contribution is -2.50. The summed E-state index contributed by atoms with van der Waals surface area (Å²) in [7, 11) is 1.61. The third-order valence-corrected chi connectivity index (χ3v) is 6.38. The molecule has 3 rings (SSSR count). The lowest BCUT2D eigenvalue weighted by molar-refractivity contribution is -0.132. The second kappa shape index (κ2) is 12.6. The smallest absolute Gasteiger partial charge is 0.263 e. The van der Waals surface area contributed by atoms with Crippen molar-refractivity contribution in [1.29, 1.82) is 5.26 Å². The van der Waals surface area contributed by atoms with Gasteiger partial charge in [-0.05, 0) is 68.1 Å². The number of anilines is 1. The highest BCUT2D eigenvalue weighted by atomic mass is 16.5. The van der Waals surface area contributed by atoms with Crippen LogP contribution in [0.4, 0.5) is 5.69 Å². The van der Waals surface area contributed by atoms with E-state index in [1.54, 1.807) is 36.4 Å². The number of rotatable bonds is 10. The van der Waals surface area contributed by atoms with E-state index in [2.05, 4.69) is 16.8 Å². The zero-order chi connectivity index (χ0) is 24.3. The lowest BCUT2D eigenvalue weighted by Gasteiger charge is -2.29. The van der Waals surface area contributed by atoms with Crippen molar-refractivity contribution in [2.24, 2.45) is 5.92 Å². The molecule has 0 aliphatic heterocycles. The van der Waals surface area contributed by atoms with Gasteiger partial charge in [0.05, 0.1) is 24.4 Å². The molecule has 1 fully saturated rings. The van der Waals surface area contributed by atoms with Crippen molar-refractivity contribution >= 4 is 17.5 Å². The number of nitrogens with one attached hydrogen (secondary N) is 2. The van der Waals surface area contributed by atoms with Crippen LogP contribution < -0.4 is 15.5 Å². The fourth-order valence-corrected chi connectivity index (χ4v) is 4.41. The third kappa shape index (κ3) is 6.98. The fourth-order valence-electron chi connectivity index (χ4n) is 4.41. The van der Waals surface area contributed by atoms with Crippen LogP contribution in [0.3, 0.4) is 0 Å². The van der Waals surface area contributed by atoms with Gasteiger partial charge in [0, 0.05) is 12.1 Å². The highest BCUT2D eigenvalue weighted by molar-refractivity contribution is 5.98. The molecule has 2 N–H and O–H groups in total. The number of hydrogen-bond donors (Lipinski definition) is 2. The normalized spacial score (nSPS) is 14.5. The molecule has 34 heavy (non-hydrogen) atoms. The Morgan fingerprint density at radius 2 is 1.88 bits per heavy atom. The summed E-state index contributed by atoms with van der Waals surface area (Å²) in [6.45, 7) is 2.33. The molecule has 2 aromatic carbocycles. The molecule has 0 spiro atoms. The predicted octanol–water partition coefficient (Wildman–Crippen LogP) is 4.90. The number of carbonyl (C=O) groups is 2. The van der Waals surface area contributed by atoms with Crippen molar-refractivity contribution in [2.75, 3.05) is 19.1 Å². The summed E-state index contributed by atoms with van der Waals surface area (Å²) in [5.74, 6) is 0.795. The van der Waals surface area contributed by atoms with E-state index in [1.807, 2.05) is 31.2 Å². The van der Waals surface area contributed by atoms with Gasteiger partial charge in [-0.15, -0.1) is 0 Å². The first-order valence-electron chi connectivity index (χ1n) is 12.1. The topological polar surface area (TPSA) is 94.5 Å². The van der Waals surface area contributed by atoms with Gasteiger partial charge < -0.3 is 10.1 Å². The number of likely N-dealkylation sites (N-methyl/N-ethyl adjacent to an activating group) is 1. The Hall–Kier alpha value is -3.53. The van der Waals surface area contributed by atoms with Crippen molar-refractivity contribution in [1.82, 2.24) is 10.3 Å². The molecular weight excluding hydrogens is 428 g/mol. The standard InChI is InChI=1S/C27H34N4O3/c1-3-31(30-23-13-15-24(34-2)16-14-23)27(33)25(17-12-20-8-5-4-6-9-20)29-26(32)22-11-7-10-21(18-22)19-28/h7,10-11,13-16,18,20,25,30H,3-6,8-9,12,17H2,1-2H3,(H,29,32). The van der Waals surface area contributed by atoms with E-state index in [9.17, 15) is 9.59 Å². The molecule has 0 aromatic heterocycles. The Kier molecular flexibility index (Phi) is 9.33. The van der Waals surface area contributed by atoms with Gasteiger partial charge in [-0.3, -0.25) is 20.0 Å². The summed E-state index contributed by atoms with van der Waals surface area (Å²) >= 11 is 0. The van der Waals surface area contributed by atoms with Gasteiger partial charge in [0.15, 0.2) is 0 Å². The number of amides is 2. The van der Waals surface area contributed by atoms with Gasteiger partial charge in [0.25, 0.3) is 11.8 Å². The van der Waals surface area contributed by atoms with Gasteiger partial charge >= 0.3 is 0 Å². The van der Waals surface area contributed by atoms with E-state index in [0.29, 0.717) is 30.0 Å². The van der Waals surface area contributed by atoms with Crippen molar-refractivity contribution < 1.29 is 14.3 Å². The molecule has 0 saturated heterocycles. The van der Waals surface area contributed by atoms with Crippen LogP contribution in [-0.4, -0.2) is 36.5 Å². The van der Waals surface area contributed by atoms with Crippen LogP contribution in [0.1, 0.15) is 67.8 Å². The lowest BCUT2D eigenvalue weighted by atomic mass is 9.85. The van der Waals surface area contributed by atoms with Gasteiger partial charge in [-0.25, -0.2) is 0 Å². The van der Waals surface area contributed by atoms with Gasteiger partial charge in [-0.2, -0.15) is 5.26 Å². The highest BCUT2D eigenvalue weighted by Crippen LogP contribution is 2.28. The Morgan fingerprint density at radius 3 is 2.53 bits per heavy atom. The van der Waals surface area contributed by atoms with Gasteiger partial charge in [-0.1, -0.05) is 38.2 Å². The van der Waals surface area contributed by atoms with E-state index in [0.717, 1.165) is 17.9 Å². The SMILES string of the molecule is CCN(Nc1ccc(OC)cc1)C(=O)C(CCC1CCCCC1)NC(=O)c1cccc(C#N)c1. The molecule has 0 radical (unpaired) electrons. The van der Waals surface area contributed by atoms with Crippen molar-refractivity contribution in [3.05, 3.63) is 59.7 Å². The van der Waals surface area contributed by atoms with Crippen LogP contribution in [0.15, 0.2) is 48.5 Å². The second-order valence-corrected chi connectivity index (χ2v) is 8.72. The molecule has 1 unspecified atom stereocenters. The van der Waals surface area contributed by atoms with E-state index >= 15 is 0 Å². The minimum absolute atomic E-state index is 0.182. The first-order valence-corrected chi connectivity index (χ1v) is 12.1. The van der Waals surface area contributed by atoms with Crippen LogP contribution >= 0.6 is 0 Å². The van der Waals surface area contributed by atoms with E-state index in [-0.39, 0.29) is 11.8 Å². The molecule has 1 atom stereocenters. The van der Waals surface area contributed by atoms with Crippen LogP contribution in [0.25, 0.3) is 0 Å². The van der Waals surface area contributed by atoms with E-state index in [1.165, 1.54) is 32.1 Å². The monoisotopic (exact) mass is 462 g/mol. The quantitative estimate of drug-likeness (QED) is 0.490. The number of carbonyl (C=O) groups excluding carboxylic acids is 2. The maximum Gasteiger partial charge on any atom is 0.263 e. The number of benzene rings is 2. The van der Waals surface area contributed by atoms with E-state index in [4.69, 9.17) is 10.00 Å². The summed E-state index contributed by atoms with van der Waals surface area (Å²) in [5.41, 5.74) is 4.71. The second-order valence-electron chi connectivity index (χ2n) is 8.72. The molecular formula is C27H34N4O3. The molecule has 1 saturated carbocycles. The molecule has 0 heterocycles. The Labute approximate surface area is 202 Å². The number of ether oxygens (including phenoxy) is 1. The van der Waals surface area contributed by atoms with Crippen molar-refractivity contribution in [2.45, 2.75) is 57.9 Å². The fraction of sp³-hybridized carbons (Fsp3) is 0.444. The minimum atomic E-state index is -0.661. The average Bonchev–Trinajstić information content (AvgIpc) is 2.90. The number of nitrogens with zero attached hydrogens (tertiary/aromatic N) is 2. The van der Waals surface area contributed by atoms with Crippen LogP contribution in [-0.2, 0) is 4.79 Å². The summed E-state index contributed by atoms with van der Waals surface area (Å²) in [6, 6.07) is 15.3. The van der Waals surface area contributed by atoms with Crippen molar-refractivity contribution in [3.63, 3.8) is 0 Å². The highest BCUT2D eigenvalue weighted by Gasteiger charge is 2.27. The first-order chi connectivity index (χ1) is 16.5. The van der Waals surface area contributed by atoms with Gasteiger partial charge in [0.1, 0.15) is 11.8 Å². The average molecular weight is 463 g/mol. The summed E-state index contributed by atoms with van der Waals surface area (Å²) in [6.07, 6.45) is 7.58. The molecule has 7 heteroatoms. The van der Waals surface area contributed by atoms with Gasteiger partial charge in [0.2, 0.25) is 0 Å². The molecule has 2 aromatic rings. The summed E-state index contributed by atoms with van der Waals surface area (Å²) < 4.78 is 5.20. The number of nitriles is 1. The molecule has 1 aliphatic rings. The number of methoxy groups -OCH3 is 1. The third-order valence-electron chi connectivity index (χ3n) is 6.38. The molecule has 2 amide bonds.